The highest BCUT2D eigenvalue weighted by atomic mass is 16.5. The fourth-order valence-corrected chi connectivity index (χ4v) is 1.21. The van der Waals surface area contributed by atoms with Gasteiger partial charge in [0, 0.05) is 6.20 Å². The van der Waals surface area contributed by atoms with Gasteiger partial charge in [-0.1, -0.05) is 18.1 Å². The molecular formula is C11H14N4O. The maximum atomic E-state index is 6.02. The lowest BCUT2D eigenvalue weighted by atomic mass is 10.0. The van der Waals surface area contributed by atoms with Crippen LogP contribution in [0.3, 0.4) is 0 Å². The molecule has 0 amide bonds. The Morgan fingerprint density at radius 1 is 1.44 bits per heavy atom. The highest BCUT2D eigenvalue weighted by molar-refractivity contribution is 5.45. The normalized spacial score (nSPS) is 14.7. The van der Waals surface area contributed by atoms with Crippen LogP contribution in [0.1, 0.15) is 26.1 Å². The van der Waals surface area contributed by atoms with E-state index in [0.29, 0.717) is 17.4 Å². The van der Waals surface area contributed by atoms with E-state index >= 15 is 0 Å². The minimum atomic E-state index is -0.559. The third kappa shape index (κ3) is 1.94. The first kappa shape index (κ1) is 10.8. The van der Waals surface area contributed by atoms with E-state index in [2.05, 4.69) is 15.1 Å². The van der Waals surface area contributed by atoms with Gasteiger partial charge in [-0.25, -0.2) is 0 Å². The lowest BCUT2D eigenvalue weighted by Gasteiger charge is -2.16. The van der Waals surface area contributed by atoms with E-state index in [1.165, 1.54) is 0 Å². The van der Waals surface area contributed by atoms with Crippen molar-refractivity contribution in [2.45, 2.75) is 25.8 Å². The predicted octanol–water partition coefficient (Wildman–Crippen LogP) is 1.72. The molecule has 0 aliphatic rings. The Morgan fingerprint density at radius 3 is 2.88 bits per heavy atom. The average Bonchev–Trinajstić information content (AvgIpc) is 2.80. The minimum Gasteiger partial charge on any atom is -0.332 e. The summed E-state index contributed by atoms with van der Waals surface area (Å²) in [5.74, 6) is 0.913. The molecule has 0 saturated heterocycles. The summed E-state index contributed by atoms with van der Waals surface area (Å²) in [4.78, 5) is 8.39. The number of aromatic nitrogens is 3. The Balaban J connectivity index is 2.34. The second-order valence-corrected chi connectivity index (χ2v) is 3.91. The van der Waals surface area contributed by atoms with E-state index in [4.69, 9.17) is 10.3 Å². The molecular weight excluding hydrogens is 204 g/mol. The Labute approximate surface area is 93.7 Å². The van der Waals surface area contributed by atoms with Gasteiger partial charge in [0.15, 0.2) is 5.82 Å². The van der Waals surface area contributed by atoms with E-state index < -0.39 is 5.54 Å². The molecule has 0 radical (unpaired) electrons. The van der Waals surface area contributed by atoms with Crippen molar-refractivity contribution in [3.8, 4) is 11.6 Å². The van der Waals surface area contributed by atoms with E-state index in [0.717, 1.165) is 6.42 Å². The molecule has 0 aromatic carbocycles. The van der Waals surface area contributed by atoms with Gasteiger partial charge in [0.1, 0.15) is 5.69 Å². The molecule has 16 heavy (non-hydrogen) atoms. The van der Waals surface area contributed by atoms with Gasteiger partial charge < -0.3 is 10.3 Å². The van der Waals surface area contributed by atoms with E-state index in [1.54, 1.807) is 6.20 Å². The molecule has 0 bridgehead atoms. The number of rotatable bonds is 3. The molecule has 2 N–H and O–H groups in total. The van der Waals surface area contributed by atoms with Gasteiger partial charge in [0.05, 0.1) is 5.54 Å². The summed E-state index contributed by atoms with van der Waals surface area (Å²) in [6, 6.07) is 5.52. The third-order valence-corrected chi connectivity index (χ3v) is 2.56. The Hall–Kier alpha value is -1.75. The number of pyridine rings is 1. The zero-order valence-electron chi connectivity index (χ0n) is 9.34. The second kappa shape index (κ2) is 4.02. The fourth-order valence-electron chi connectivity index (χ4n) is 1.21. The standard InChI is InChI=1S/C11H14N4O/c1-3-11(2,12)10-14-9(16-15-10)8-6-4-5-7-13-8/h4-7H,3,12H2,1-2H3. The molecule has 2 aromatic rings. The molecule has 1 unspecified atom stereocenters. The van der Waals surface area contributed by atoms with Gasteiger partial charge in [-0.05, 0) is 25.5 Å². The van der Waals surface area contributed by atoms with Crippen molar-refractivity contribution in [1.82, 2.24) is 15.1 Å². The molecule has 0 spiro atoms. The van der Waals surface area contributed by atoms with Crippen molar-refractivity contribution in [3.05, 3.63) is 30.2 Å². The quantitative estimate of drug-likeness (QED) is 0.848. The highest BCUT2D eigenvalue weighted by Gasteiger charge is 2.25. The molecule has 0 aliphatic carbocycles. The van der Waals surface area contributed by atoms with Crippen LogP contribution < -0.4 is 5.73 Å². The van der Waals surface area contributed by atoms with Crippen molar-refractivity contribution >= 4 is 0 Å². The first-order valence-corrected chi connectivity index (χ1v) is 5.18. The van der Waals surface area contributed by atoms with Crippen LogP contribution in [0.4, 0.5) is 0 Å². The maximum Gasteiger partial charge on any atom is 0.276 e. The van der Waals surface area contributed by atoms with Crippen molar-refractivity contribution in [1.29, 1.82) is 0 Å². The topological polar surface area (TPSA) is 77.8 Å². The molecule has 0 saturated carbocycles. The number of hydrogen-bond donors (Lipinski definition) is 1. The van der Waals surface area contributed by atoms with Crippen LogP contribution in [-0.2, 0) is 5.54 Å². The first-order chi connectivity index (χ1) is 7.63. The largest absolute Gasteiger partial charge is 0.332 e. The molecule has 2 heterocycles. The van der Waals surface area contributed by atoms with Crippen LogP contribution in [0.5, 0.6) is 0 Å². The van der Waals surface area contributed by atoms with Crippen molar-refractivity contribution in [2.75, 3.05) is 0 Å². The fraction of sp³-hybridized carbons (Fsp3) is 0.364. The number of nitrogens with zero attached hydrogens (tertiary/aromatic N) is 3. The van der Waals surface area contributed by atoms with Crippen molar-refractivity contribution in [3.63, 3.8) is 0 Å². The first-order valence-electron chi connectivity index (χ1n) is 5.18. The van der Waals surface area contributed by atoms with Gasteiger partial charge >= 0.3 is 0 Å². The minimum absolute atomic E-state index is 0.403. The van der Waals surface area contributed by atoms with Gasteiger partial charge in [-0.2, -0.15) is 4.98 Å². The zero-order chi connectivity index (χ0) is 11.6. The van der Waals surface area contributed by atoms with E-state index in [-0.39, 0.29) is 0 Å². The van der Waals surface area contributed by atoms with Crippen LogP contribution in [-0.4, -0.2) is 15.1 Å². The monoisotopic (exact) mass is 218 g/mol. The molecule has 2 rings (SSSR count). The number of hydrogen-bond acceptors (Lipinski definition) is 5. The van der Waals surface area contributed by atoms with E-state index in [1.807, 2.05) is 32.0 Å². The van der Waals surface area contributed by atoms with Crippen LogP contribution in [0.15, 0.2) is 28.9 Å². The molecule has 5 heteroatoms. The summed E-state index contributed by atoms with van der Waals surface area (Å²) < 4.78 is 5.14. The summed E-state index contributed by atoms with van der Waals surface area (Å²) in [6.07, 6.45) is 2.43. The maximum absolute atomic E-state index is 6.02. The second-order valence-electron chi connectivity index (χ2n) is 3.91. The Morgan fingerprint density at radius 2 is 2.25 bits per heavy atom. The van der Waals surface area contributed by atoms with Gasteiger partial charge in [-0.15, -0.1) is 0 Å². The van der Waals surface area contributed by atoms with Crippen molar-refractivity contribution in [2.24, 2.45) is 5.73 Å². The average molecular weight is 218 g/mol. The Bertz CT molecular complexity index is 464. The molecule has 5 nitrogen and oxygen atoms in total. The van der Waals surface area contributed by atoms with Gasteiger partial charge in [-0.3, -0.25) is 4.98 Å². The summed E-state index contributed by atoms with van der Waals surface area (Å²) in [5.41, 5.74) is 6.12. The Kier molecular flexibility index (Phi) is 2.70. The predicted molar refractivity (Wildman–Crippen MR) is 59.4 cm³/mol. The SMILES string of the molecule is CCC(C)(N)c1noc(-c2ccccn2)n1. The third-order valence-electron chi connectivity index (χ3n) is 2.56. The van der Waals surface area contributed by atoms with E-state index in [9.17, 15) is 0 Å². The molecule has 84 valence electrons. The lowest BCUT2D eigenvalue weighted by Crippen LogP contribution is -2.33. The highest BCUT2D eigenvalue weighted by Crippen LogP contribution is 2.21. The summed E-state index contributed by atoms with van der Waals surface area (Å²) in [6.45, 7) is 3.86. The zero-order valence-corrected chi connectivity index (χ0v) is 9.34. The lowest BCUT2D eigenvalue weighted by molar-refractivity contribution is 0.378. The molecule has 0 aliphatic heterocycles. The van der Waals surface area contributed by atoms with Crippen LogP contribution >= 0.6 is 0 Å². The van der Waals surface area contributed by atoms with Gasteiger partial charge in [0.2, 0.25) is 0 Å². The summed E-state index contributed by atoms with van der Waals surface area (Å²) in [7, 11) is 0. The van der Waals surface area contributed by atoms with Gasteiger partial charge in [0.25, 0.3) is 5.89 Å². The van der Waals surface area contributed by atoms with Crippen LogP contribution in [0, 0.1) is 0 Å². The number of nitrogens with two attached hydrogens (primary N) is 1. The van der Waals surface area contributed by atoms with Crippen LogP contribution in [0.25, 0.3) is 11.6 Å². The molecule has 1 atom stereocenters. The van der Waals surface area contributed by atoms with Crippen LogP contribution in [0.2, 0.25) is 0 Å². The molecule has 0 fully saturated rings. The summed E-state index contributed by atoms with van der Waals surface area (Å²) in [5, 5.41) is 3.88. The molecule has 2 aromatic heterocycles. The summed E-state index contributed by atoms with van der Waals surface area (Å²) >= 11 is 0. The smallest absolute Gasteiger partial charge is 0.276 e. The van der Waals surface area contributed by atoms with Crippen molar-refractivity contribution < 1.29 is 4.52 Å².